The van der Waals surface area contributed by atoms with Crippen LogP contribution < -0.4 is 5.32 Å². The molecule has 116 valence electrons. The summed E-state index contributed by atoms with van der Waals surface area (Å²) in [5.74, 6) is -0.171. The molecule has 5 nitrogen and oxygen atoms in total. The molecule has 3 atom stereocenters. The minimum atomic E-state index is -0.751. The molecule has 0 aromatic carbocycles. The molecule has 1 rings (SSSR count). The van der Waals surface area contributed by atoms with E-state index in [2.05, 4.69) is 19.2 Å². The average Bonchev–Trinajstić information content (AvgIpc) is 2.43. The average molecular weight is 284 g/mol. The maximum absolute atomic E-state index is 12.2. The standard InChI is InChI=1S/C15H28N2O3/c1-4-12(3)16-9-14(18)17-7-5-6-13(10-17)11(2)8-15(19)20/h11-13,16H,4-10H2,1-3H3,(H,19,20). The summed E-state index contributed by atoms with van der Waals surface area (Å²) in [6.45, 7) is 8.03. The Kier molecular flexibility index (Phi) is 6.99. The maximum Gasteiger partial charge on any atom is 0.303 e. The van der Waals surface area contributed by atoms with Gasteiger partial charge in [0.05, 0.1) is 6.54 Å². The lowest BCUT2D eigenvalue weighted by atomic mass is 9.84. The third-order valence-electron chi connectivity index (χ3n) is 4.33. The maximum atomic E-state index is 12.2. The van der Waals surface area contributed by atoms with E-state index < -0.39 is 5.97 Å². The van der Waals surface area contributed by atoms with Crippen molar-refractivity contribution in [3.63, 3.8) is 0 Å². The predicted octanol–water partition coefficient (Wildman–Crippen LogP) is 1.72. The first-order valence-corrected chi connectivity index (χ1v) is 7.67. The van der Waals surface area contributed by atoms with Crippen molar-refractivity contribution in [3.8, 4) is 0 Å². The Morgan fingerprint density at radius 2 is 2.10 bits per heavy atom. The van der Waals surface area contributed by atoms with Gasteiger partial charge in [0.1, 0.15) is 0 Å². The van der Waals surface area contributed by atoms with Crippen molar-refractivity contribution in [2.45, 2.75) is 52.5 Å². The number of carboxylic acids is 1. The van der Waals surface area contributed by atoms with Gasteiger partial charge in [0.15, 0.2) is 0 Å². The molecule has 20 heavy (non-hydrogen) atoms. The summed E-state index contributed by atoms with van der Waals surface area (Å²) in [5.41, 5.74) is 0. The zero-order chi connectivity index (χ0) is 15.1. The van der Waals surface area contributed by atoms with Crippen LogP contribution in [0.1, 0.15) is 46.5 Å². The van der Waals surface area contributed by atoms with Crippen LogP contribution in [0.15, 0.2) is 0 Å². The van der Waals surface area contributed by atoms with Crippen molar-refractivity contribution in [1.29, 1.82) is 0 Å². The second-order valence-corrected chi connectivity index (χ2v) is 6.01. The number of aliphatic carboxylic acids is 1. The SMILES string of the molecule is CCC(C)NCC(=O)N1CCCC(C(C)CC(=O)O)C1. The molecule has 0 spiro atoms. The molecular weight excluding hydrogens is 256 g/mol. The number of hydrogen-bond acceptors (Lipinski definition) is 3. The van der Waals surface area contributed by atoms with Gasteiger partial charge in [-0.2, -0.15) is 0 Å². The minimum Gasteiger partial charge on any atom is -0.481 e. The van der Waals surface area contributed by atoms with Crippen molar-refractivity contribution < 1.29 is 14.7 Å². The van der Waals surface area contributed by atoms with Crippen LogP contribution in [-0.2, 0) is 9.59 Å². The summed E-state index contributed by atoms with van der Waals surface area (Å²) < 4.78 is 0. The van der Waals surface area contributed by atoms with Crippen molar-refractivity contribution in [2.75, 3.05) is 19.6 Å². The van der Waals surface area contributed by atoms with E-state index in [1.165, 1.54) is 0 Å². The normalized spacial score (nSPS) is 22.4. The molecule has 1 aliphatic rings. The molecule has 1 amide bonds. The Bertz CT molecular complexity index is 333. The first kappa shape index (κ1) is 17.0. The zero-order valence-corrected chi connectivity index (χ0v) is 12.9. The number of piperidine rings is 1. The number of nitrogens with one attached hydrogen (secondary N) is 1. The van der Waals surface area contributed by atoms with Gasteiger partial charge < -0.3 is 15.3 Å². The molecule has 0 radical (unpaired) electrons. The first-order valence-electron chi connectivity index (χ1n) is 7.67. The number of carbonyl (C=O) groups is 2. The molecule has 1 aliphatic heterocycles. The van der Waals surface area contributed by atoms with Crippen molar-refractivity contribution in [3.05, 3.63) is 0 Å². The van der Waals surface area contributed by atoms with Crippen LogP contribution in [0.25, 0.3) is 0 Å². The second kappa shape index (κ2) is 8.25. The summed E-state index contributed by atoms with van der Waals surface area (Å²) in [6, 6.07) is 0.352. The van der Waals surface area contributed by atoms with Gasteiger partial charge in [-0.1, -0.05) is 13.8 Å². The van der Waals surface area contributed by atoms with Crippen LogP contribution >= 0.6 is 0 Å². The Hall–Kier alpha value is -1.10. The van der Waals surface area contributed by atoms with Crippen LogP contribution in [0.4, 0.5) is 0 Å². The number of nitrogens with zero attached hydrogens (tertiary/aromatic N) is 1. The number of likely N-dealkylation sites (tertiary alicyclic amines) is 1. The summed E-state index contributed by atoms with van der Waals surface area (Å²) in [6.07, 6.45) is 3.20. The van der Waals surface area contributed by atoms with E-state index in [9.17, 15) is 9.59 Å². The molecule has 0 aromatic heterocycles. The molecule has 0 saturated carbocycles. The van der Waals surface area contributed by atoms with Crippen LogP contribution in [0.5, 0.6) is 0 Å². The number of hydrogen-bond donors (Lipinski definition) is 2. The first-order chi connectivity index (χ1) is 9.43. The van der Waals surface area contributed by atoms with Gasteiger partial charge in [-0.05, 0) is 38.0 Å². The van der Waals surface area contributed by atoms with Crippen LogP contribution in [0.2, 0.25) is 0 Å². The van der Waals surface area contributed by atoms with Gasteiger partial charge in [0.2, 0.25) is 5.91 Å². The van der Waals surface area contributed by atoms with E-state index in [4.69, 9.17) is 5.11 Å². The number of carboxylic acid groups (broad SMARTS) is 1. The van der Waals surface area contributed by atoms with Gasteiger partial charge in [0, 0.05) is 25.6 Å². The van der Waals surface area contributed by atoms with Gasteiger partial charge >= 0.3 is 5.97 Å². The van der Waals surface area contributed by atoms with Crippen LogP contribution in [0, 0.1) is 11.8 Å². The molecule has 1 fully saturated rings. The summed E-state index contributed by atoms with van der Waals surface area (Å²) in [7, 11) is 0. The lowest BCUT2D eigenvalue weighted by molar-refractivity contribution is -0.138. The molecule has 0 bridgehead atoms. The van der Waals surface area contributed by atoms with E-state index in [-0.39, 0.29) is 18.2 Å². The third-order valence-corrected chi connectivity index (χ3v) is 4.33. The van der Waals surface area contributed by atoms with Crippen molar-refractivity contribution >= 4 is 11.9 Å². The van der Waals surface area contributed by atoms with Crippen LogP contribution in [0.3, 0.4) is 0 Å². The van der Waals surface area contributed by atoms with E-state index in [0.717, 1.165) is 25.8 Å². The Labute approximate surface area is 121 Å². The fraction of sp³-hybridized carbons (Fsp3) is 0.867. The molecule has 1 saturated heterocycles. The largest absolute Gasteiger partial charge is 0.481 e. The molecule has 0 aromatic rings. The molecule has 2 N–H and O–H groups in total. The lowest BCUT2D eigenvalue weighted by Gasteiger charge is -2.35. The summed E-state index contributed by atoms with van der Waals surface area (Å²) >= 11 is 0. The van der Waals surface area contributed by atoms with Gasteiger partial charge in [-0.15, -0.1) is 0 Å². The minimum absolute atomic E-state index is 0.130. The topological polar surface area (TPSA) is 69.6 Å². The van der Waals surface area contributed by atoms with Gasteiger partial charge in [0.25, 0.3) is 0 Å². The molecule has 5 heteroatoms. The zero-order valence-electron chi connectivity index (χ0n) is 12.9. The Morgan fingerprint density at radius 3 is 2.70 bits per heavy atom. The quantitative estimate of drug-likeness (QED) is 0.747. The Balaban J connectivity index is 2.43. The van der Waals surface area contributed by atoms with Gasteiger partial charge in [-0.25, -0.2) is 0 Å². The number of carbonyl (C=O) groups excluding carboxylic acids is 1. The van der Waals surface area contributed by atoms with E-state index >= 15 is 0 Å². The summed E-state index contributed by atoms with van der Waals surface area (Å²) in [4.78, 5) is 24.8. The third kappa shape index (κ3) is 5.49. The van der Waals surface area contributed by atoms with Gasteiger partial charge in [-0.3, -0.25) is 9.59 Å². The van der Waals surface area contributed by atoms with Crippen molar-refractivity contribution in [1.82, 2.24) is 10.2 Å². The number of rotatable bonds is 7. The summed E-state index contributed by atoms with van der Waals surface area (Å²) in [5, 5.41) is 12.1. The monoisotopic (exact) mass is 284 g/mol. The molecule has 3 unspecified atom stereocenters. The lowest BCUT2D eigenvalue weighted by Crippen LogP contribution is -2.46. The molecular formula is C15H28N2O3. The van der Waals surface area contributed by atoms with Crippen LogP contribution in [-0.4, -0.2) is 47.6 Å². The fourth-order valence-corrected chi connectivity index (χ4v) is 2.66. The van der Waals surface area contributed by atoms with E-state index in [1.807, 2.05) is 11.8 Å². The molecule has 0 aliphatic carbocycles. The van der Waals surface area contributed by atoms with Crippen molar-refractivity contribution in [2.24, 2.45) is 11.8 Å². The fourth-order valence-electron chi connectivity index (χ4n) is 2.66. The second-order valence-electron chi connectivity index (χ2n) is 6.01. The highest BCUT2D eigenvalue weighted by Crippen LogP contribution is 2.26. The number of amides is 1. The highest BCUT2D eigenvalue weighted by molar-refractivity contribution is 5.78. The molecule has 1 heterocycles. The highest BCUT2D eigenvalue weighted by Gasteiger charge is 2.28. The van der Waals surface area contributed by atoms with E-state index in [0.29, 0.717) is 25.0 Å². The highest BCUT2D eigenvalue weighted by atomic mass is 16.4. The van der Waals surface area contributed by atoms with E-state index in [1.54, 1.807) is 0 Å². The Morgan fingerprint density at radius 1 is 1.40 bits per heavy atom. The predicted molar refractivity (Wildman–Crippen MR) is 78.5 cm³/mol. The smallest absolute Gasteiger partial charge is 0.303 e.